The zero-order valence-corrected chi connectivity index (χ0v) is 24.5. The normalized spacial score (nSPS) is 13.2. The number of anilines is 3. The Morgan fingerprint density at radius 1 is 0.738 bits per heavy atom. The maximum absolute atomic E-state index is 6.15. The molecular weight excluding hydrogens is 552 g/mol. The van der Waals surface area contributed by atoms with Crippen LogP contribution in [-0.2, 0) is 0 Å². The van der Waals surface area contributed by atoms with E-state index in [-0.39, 0.29) is 0 Å². The molecule has 0 saturated carbocycles. The molecule has 0 atom stereocenters. The molecule has 0 amide bonds. The van der Waals surface area contributed by atoms with Gasteiger partial charge >= 0.3 is 0 Å². The van der Waals surface area contributed by atoms with Crippen LogP contribution in [0.4, 0.5) is 17.5 Å². The monoisotopic (exact) mass is 582 g/mol. The smallest absolute Gasteiger partial charge is 0.226 e. The lowest BCUT2D eigenvalue weighted by molar-refractivity contribution is 0.324. The first-order chi connectivity index (χ1) is 20.6. The number of hydrogen-bond donors (Lipinski definition) is 1. The Kier molecular flexibility index (Phi) is 7.92. The van der Waals surface area contributed by atoms with Crippen molar-refractivity contribution in [3.05, 3.63) is 72.0 Å². The zero-order valence-electron chi connectivity index (χ0n) is 23.7. The molecule has 9 nitrogen and oxygen atoms in total. The number of rotatable bonds is 8. The molecule has 0 bridgehead atoms. The van der Waals surface area contributed by atoms with E-state index in [2.05, 4.69) is 20.2 Å². The summed E-state index contributed by atoms with van der Waals surface area (Å²) >= 11 is 6.15. The largest absolute Gasteiger partial charge is 0.493 e. The molecule has 3 heterocycles. The molecule has 6 rings (SSSR count). The van der Waals surface area contributed by atoms with Crippen molar-refractivity contribution in [3.63, 3.8) is 0 Å². The Bertz CT molecular complexity index is 1700. The summed E-state index contributed by atoms with van der Waals surface area (Å²) in [5.41, 5.74) is 5.08. The van der Waals surface area contributed by atoms with Gasteiger partial charge in [-0.15, -0.1) is 0 Å². The summed E-state index contributed by atoms with van der Waals surface area (Å²) in [7, 11) is 4.82. The highest BCUT2D eigenvalue weighted by Gasteiger charge is 2.20. The van der Waals surface area contributed by atoms with Gasteiger partial charge in [-0.3, -0.25) is 0 Å². The summed E-state index contributed by atoms with van der Waals surface area (Å²) in [6.45, 7) is 1.86. The van der Waals surface area contributed by atoms with Crippen LogP contribution in [-0.4, -0.2) is 54.4 Å². The Hall–Kier alpha value is -4.63. The van der Waals surface area contributed by atoms with Gasteiger partial charge in [0.15, 0.2) is 11.5 Å². The molecule has 0 aliphatic carbocycles. The van der Waals surface area contributed by atoms with Crippen LogP contribution < -0.4 is 24.4 Å². The quantitative estimate of drug-likeness (QED) is 0.204. The Labute approximate surface area is 249 Å². The molecule has 1 fully saturated rings. The molecule has 0 radical (unpaired) electrons. The molecule has 3 aromatic carbocycles. The fourth-order valence-electron chi connectivity index (χ4n) is 5.19. The zero-order chi connectivity index (χ0) is 29.1. The topological polar surface area (TPSA) is 94.5 Å². The van der Waals surface area contributed by atoms with Gasteiger partial charge in [-0.25, -0.2) is 19.9 Å². The van der Waals surface area contributed by atoms with Crippen molar-refractivity contribution < 1.29 is 14.2 Å². The molecule has 10 heteroatoms. The molecule has 1 N–H and O–H groups in total. The minimum absolute atomic E-state index is 0.539. The average Bonchev–Trinajstić information content (AvgIpc) is 3.04. The number of benzene rings is 3. The fraction of sp³-hybridized carbons (Fsp3) is 0.250. The van der Waals surface area contributed by atoms with E-state index in [4.69, 9.17) is 35.8 Å². The van der Waals surface area contributed by atoms with Crippen molar-refractivity contribution in [3.8, 4) is 39.8 Å². The predicted octanol–water partition coefficient (Wildman–Crippen LogP) is 7.17. The molecule has 42 heavy (non-hydrogen) atoms. The third-order valence-electron chi connectivity index (χ3n) is 7.36. The van der Waals surface area contributed by atoms with Crippen LogP contribution in [0.3, 0.4) is 0 Å². The lowest BCUT2D eigenvalue weighted by atomic mass is 10.1. The second kappa shape index (κ2) is 12.1. The third-order valence-corrected chi connectivity index (χ3v) is 7.59. The van der Waals surface area contributed by atoms with Crippen LogP contribution in [0.25, 0.3) is 33.4 Å². The number of ether oxygens (including phenoxy) is 3. The van der Waals surface area contributed by atoms with Gasteiger partial charge in [-0.1, -0.05) is 23.7 Å². The minimum Gasteiger partial charge on any atom is -0.493 e. The van der Waals surface area contributed by atoms with Gasteiger partial charge in [-0.2, -0.15) is 0 Å². The van der Waals surface area contributed by atoms with Crippen LogP contribution in [0.2, 0.25) is 5.02 Å². The van der Waals surface area contributed by atoms with Crippen molar-refractivity contribution in [1.82, 2.24) is 19.9 Å². The standard InChI is InChI=1S/C32H31ClN6O3/c1-40-28-15-21(16-29(41-2)30(28)42-3)26-18-25(37-32(38-26)39-13-5-4-6-14-39)20-7-10-23(11-8-20)36-31-24-12-9-22(33)17-27(24)34-19-35-31/h7-12,15-19H,4-6,13-14H2,1-3H3,(H,34,35,36). The number of aromatic nitrogens is 4. The van der Waals surface area contributed by atoms with E-state index in [0.29, 0.717) is 34.0 Å². The van der Waals surface area contributed by atoms with Gasteiger partial charge in [0, 0.05) is 40.3 Å². The first-order valence-electron chi connectivity index (χ1n) is 13.8. The highest BCUT2D eigenvalue weighted by Crippen LogP contribution is 2.41. The third kappa shape index (κ3) is 5.60. The summed E-state index contributed by atoms with van der Waals surface area (Å²) in [4.78, 5) is 21.0. The number of fused-ring (bicyclic) bond motifs is 1. The summed E-state index contributed by atoms with van der Waals surface area (Å²) in [5.74, 6) is 3.10. The fourth-order valence-corrected chi connectivity index (χ4v) is 5.35. The lowest BCUT2D eigenvalue weighted by Crippen LogP contribution is -2.31. The van der Waals surface area contributed by atoms with Crippen molar-refractivity contribution in [2.45, 2.75) is 19.3 Å². The minimum atomic E-state index is 0.539. The second-order valence-corrected chi connectivity index (χ2v) is 10.4. The van der Waals surface area contributed by atoms with Gasteiger partial charge in [0.25, 0.3) is 0 Å². The maximum Gasteiger partial charge on any atom is 0.226 e. The molecular formula is C32H31ClN6O3. The molecule has 1 aliphatic heterocycles. The Morgan fingerprint density at radius 3 is 2.10 bits per heavy atom. The highest BCUT2D eigenvalue weighted by atomic mass is 35.5. The molecule has 2 aromatic heterocycles. The van der Waals surface area contributed by atoms with Crippen LogP contribution >= 0.6 is 11.6 Å². The Balaban J connectivity index is 1.37. The van der Waals surface area contributed by atoms with E-state index in [0.717, 1.165) is 65.0 Å². The molecule has 5 aromatic rings. The van der Waals surface area contributed by atoms with Gasteiger partial charge in [0.05, 0.1) is 38.2 Å². The van der Waals surface area contributed by atoms with Gasteiger partial charge in [-0.05, 0) is 67.8 Å². The number of nitrogens with zero attached hydrogens (tertiary/aromatic N) is 5. The van der Waals surface area contributed by atoms with E-state index in [9.17, 15) is 0 Å². The summed E-state index contributed by atoms with van der Waals surface area (Å²) in [6, 6.07) is 19.5. The second-order valence-electron chi connectivity index (χ2n) is 9.99. The molecule has 0 unspecified atom stereocenters. The Morgan fingerprint density at radius 2 is 1.43 bits per heavy atom. The van der Waals surface area contributed by atoms with Gasteiger partial charge in [0.1, 0.15) is 12.1 Å². The summed E-state index contributed by atoms with van der Waals surface area (Å²) in [6.07, 6.45) is 5.00. The number of nitrogens with one attached hydrogen (secondary N) is 1. The van der Waals surface area contributed by atoms with Crippen LogP contribution in [0.5, 0.6) is 17.2 Å². The number of hydrogen-bond acceptors (Lipinski definition) is 9. The van der Waals surface area contributed by atoms with Gasteiger partial charge < -0.3 is 24.4 Å². The van der Waals surface area contributed by atoms with Crippen molar-refractivity contribution in [1.29, 1.82) is 0 Å². The number of piperidine rings is 1. The van der Waals surface area contributed by atoms with Crippen LogP contribution in [0, 0.1) is 0 Å². The van der Waals surface area contributed by atoms with Gasteiger partial charge in [0.2, 0.25) is 11.7 Å². The maximum atomic E-state index is 6.15. The summed E-state index contributed by atoms with van der Waals surface area (Å²) in [5, 5.41) is 4.93. The van der Waals surface area contributed by atoms with E-state index in [1.165, 1.54) is 12.7 Å². The first-order valence-corrected chi connectivity index (χ1v) is 14.2. The van der Waals surface area contributed by atoms with E-state index in [1.807, 2.05) is 60.7 Å². The van der Waals surface area contributed by atoms with Crippen molar-refractivity contribution >= 4 is 40.0 Å². The molecule has 0 spiro atoms. The van der Waals surface area contributed by atoms with Crippen molar-refractivity contribution in [2.24, 2.45) is 0 Å². The molecule has 214 valence electrons. The molecule has 1 saturated heterocycles. The predicted molar refractivity (Wildman–Crippen MR) is 166 cm³/mol. The summed E-state index contributed by atoms with van der Waals surface area (Å²) < 4.78 is 16.8. The van der Waals surface area contributed by atoms with Crippen LogP contribution in [0.15, 0.2) is 67.0 Å². The number of halogens is 1. The number of methoxy groups -OCH3 is 3. The SMILES string of the molecule is COc1cc(-c2cc(-c3ccc(Nc4ncnc5cc(Cl)ccc45)cc3)nc(N3CCCCC3)n2)cc(OC)c1OC. The van der Waals surface area contributed by atoms with Crippen molar-refractivity contribution in [2.75, 3.05) is 44.6 Å². The van der Waals surface area contributed by atoms with E-state index < -0.39 is 0 Å². The lowest BCUT2D eigenvalue weighted by Gasteiger charge is -2.27. The first kappa shape index (κ1) is 27.5. The average molecular weight is 583 g/mol. The van der Waals surface area contributed by atoms with E-state index >= 15 is 0 Å². The van der Waals surface area contributed by atoms with E-state index in [1.54, 1.807) is 21.3 Å². The van der Waals surface area contributed by atoms with Crippen LogP contribution in [0.1, 0.15) is 19.3 Å². The molecule has 1 aliphatic rings. The highest BCUT2D eigenvalue weighted by molar-refractivity contribution is 6.31.